The number of pyridine rings is 2. The third kappa shape index (κ3) is 12.7. The molecule has 0 unspecified atom stereocenters. The summed E-state index contributed by atoms with van der Waals surface area (Å²) < 4.78 is 9.82. The zero-order chi connectivity index (χ0) is 79.1. The van der Waals surface area contributed by atoms with Crippen LogP contribution in [0, 0.1) is 0 Å². The minimum Gasteiger partial charge on any atom is -0.246 e. The number of fused-ring (bicyclic) bond motifs is 16. The largest absolute Gasteiger partial charge is 0.246 e. The van der Waals surface area contributed by atoms with E-state index in [0.29, 0.717) is 34.9 Å². The van der Waals surface area contributed by atoms with E-state index in [4.69, 9.17) is 39.9 Å². The molecule has 8 heterocycles. The van der Waals surface area contributed by atoms with E-state index in [1.807, 2.05) is 47.7 Å². The summed E-state index contributed by atoms with van der Waals surface area (Å²) >= 11 is 7.23. The molecule has 0 aliphatic heterocycles. The van der Waals surface area contributed by atoms with Crippen LogP contribution in [0.15, 0.2) is 388 Å². The van der Waals surface area contributed by atoms with E-state index in [0.717, 1.165) is 82.6 Å². The molecule has 0 spiro atoms. The van der Waals surface area contributed by atoms with Gasteiger partial charge in [0.2, 0.25) is 0 Å². The topological polar surface area (TPSA) is 103 Å². The van der Waals surface area contributed by atoms with Crippen molar-refractivity contribution in [2.75, 3.05) is 0 Å². The van der Waals surface area contributed by atoms with Gasteiger partial charge < -0.3 is 0 Å². The van der Waals surface area contributed by atoms with Gasteiger partial charge in [0.25, 0.3) is 0 Å². The zero-order valence-electron chi connectivity index (χ0n) is 64.2. The van der Waals surface area contributed by atoms with E-state index in [-0.39, 0.29) is 0 Å². The summed E-state index contributed by atoms with van der Waals surface area (Å²) in [4.78, 5) is 41.6. The highest BCUT2D eigenvalue weighted by atomic mass is 32.1. The number of hydrogen-bond acceptors (Lipinski definition) is 12. The van der Waals surface area contributed by atoms with Crippen molar-refractivity contribution >= 4 is 148 Å². The van der Waals surface area contributed by atoms with Crippen molar-refractivity contribution in [1.29, 1.82) is 0 Å². The third-order valence-electron chi connectivity index (χ3n) is 22.7. The fourth-order valence-corrected chi connectivity index (χ4v) is 21.7. The van der Waals surface area contributed by atoms with Crippen LogP contribution < -0.4 is 0 Å². The van der Waals surface area contributed by atoms with Gasteiger partial charge in [-0.3, -0.25) is 0 Å². The molecule has 0 bridgehead atoms. The molecular weight excluding hydrogens is 1540 g/mol. The van der Waals surface area contributed by atoms with Crippen LogP contribution in [0.1, 0.15) is 0 Å². The first-order valence-corrected chi connectivity index (χ1v) is 43.2. The Morgan fingerprint density at radius 1 is 0.150 bits per heavy atom. The average molecular weight is 1600 g/mol. The highest BCUT2D eigenvalue weighted by Gasteiger charge is 2.24. The van der Waals surface area contributed by atoms with E-state index in [2.05, 4.69) is 352 Å². The van der Waals surface area contributed by atoms with Crippen molar-refractivity contribution in [3.63, 3.8) is 0 Å². The number of thiophene rings is 4. The Morgan fingerprint density at radius 2 is 0.442 bits per heavy atom. The van der Waals surface area contributed by atoms with E-state index < -0.39 is 0 Å². The molecule has 24 rings (SSSR count). The average Bonchev–Trinajstić information content (AvgIpc) is 1.58. The zero-order valence-corrected chi connectivity index (χ0v) is 67.4. The Balaban J connectivity index is 0.000000140. The maximum atomic E-state index is 5.44. The van der Waals surface area contributed by atoms with Crippen LogP contribution in [0.5, 0.6) is 0 Å². The molecule has 0 saturated heterocycles. The Hall–Kier alpha value is -14.8. The second kappa shape index (κ2) is 29.8. The van der Waals surface area contributed by atoms with Crippen molar-refractivity contribution in [3.8, 4) is 135 Å². The fraction of sp³-hybridized carbons (Fsp3) is 0. The lowest BCUT2D eigenvalue weighted by Crippen LogP contribution is -2.00. The van der Waals surface area contributed by atoms with Crippen LogP contribution in [0.4, 0.5) is 0 Å². The van der Waals surface area contributed by atoms with Gasteiger partial charge in [-0.15, -0.1) is 45.3 Å². The van der Waals surface area contributed by atoms with E-state index in [1.165, 1.54) is 120 Å². The first-order valence-electron chi connectivity index (χ1n) is 39.9. The van der Waals surface area contributed by atoms with Gasteiger partial charge in [-0.2, -0.15) is 0 Å². The summed E-state index contributed by atoms with van der Waals surface area (Å²) in [6.07, 6.45) is 0. The predicted molar refractivity (Wildman–Crippen MR) is 507 cm³/mol. The normalized spacial score (nSPS) is 11.7. The lowest BCUT2D eigenvalue weighted by atomic mass is 9.97. The molecule has 0 fully saturated rings. The van der Waals surface area contributed by atoms with E-state index in [1.54, 1.807) is 34.0 Å². The van der Waals surface area contributed by atoms with Gasteiger partial charge in [-0.1, -0.05) is 322 Å². The second-order valence-electron chi connectivity index (χ2n) is 29.9. The van der Waals surface area contributed by atoms with Crippen LogP contribution in [0.2, 0.25) is 0 Å². The van der Waals surface area contributed by atoms with Gasteiger partial charge in [0, 0.05) is 127 Å². The molecule has 8 nitrogen and oxygen atoms in total. The van der Waals surface area contributed by atoms with Gasteiger partial charge >= 0.3 is 0 Å². The molecule has 24 aromatic rings. The van der Waals surface area contributed by atoms with Crippen molar-refractivity contribution in [2.45, 2.75) is 0 Å². The maximum absolute atomic E-state index is 5.44. The molecule has 16 aromatic carbocycles. The summed E-state index contributed by atoms with van der Waals surface area (Å²) in [5.74, 6) is 3.80. The molecule has 0 N–H and O–H groups in total. The Morgan fingerprint density at radius 3 is 0.933 bits per heavy atom. The minimum atomic E-state index is 0.620. The Labute approximate surface area is 705 Å². The van der Waals surface area contributed by atoms with Gasteiger partial charge in [-0.05, 0) is 111 Å². The number of aromatic nitrogens is 8. The fourth-order valence-electron chi connectivity index (χ4n) is 16.8. The molecular formula is C108H64N8S4. The van der Waals surface area contributed by atoms with Crippen LogP contribution in [0.25, 0.3) is 238 Å². The summed E-state index contributed by atoms with van der Waals surface area (Å²) in [6, 6.07) is 137. The smallest absolute Gasteiger partial charge is 0.165 e. The minimum absolute atomic E-state index is 0.620. The number of nitrogens with zero attached hydrogens (tertiary/aromatic N) is 8. The summed E-state index contributed by atoms with van der Waals surface area (Å²) in [6.45, 7) is 0. The second-order valence-corrected chi connectivity index (χ2v) is 34.2. The van der Waals surface area contributed by atoms with Gasteiger partial charge in [-0.25, -0.2) is 39.9 Å². The van der Waals surface area contributed by atoms with Crippen LogP contribution >= 0.6 is 45.3 Å². The molecule has 560 valence electrons. The number of benzene rings is 16. The molecule has 0 amide bonds. The van der Waals surface area contributed by atoms with Crippen molar-refractivity contribution in [2.24, 2.45) is 0 Å². The predicted octanol–water partition coefficient (Wildman–Crippen LogP) is 30.3. The maximum Gasteiger partial charge on any atom is 0.165 e. The lowest BCUT2D eigenvalue weighted by Gasteiger charge is -2.12. The van der Waals surface area contributed by atoms with Crippen molar-refractivity contribution in [1.82, 2.24) is 39.9 Å². The third-order valence-corrected chi connectivity index (χ3v) is 27.5. The lowest BCUT2D eigenvalue weighted by molar-refractivity contribution is 1.07. The molecule has 8 aromatic heterocycles. The number of hydrogen-bond donors (Lipinski definition) is 0. The highest BCUT2D eigenvalue weighted by molar-refractivity contribution is 7.27. The van der Waals surface area contributed by atoms with Gasteiger partial charge in [0.15, 0.2) is 34.9 Å². The summed E-state index contributed by atoms with van der Waals surface area (Å²) in [5.41, 5.74) is 21.0. The highest BCUT2D eigenvalue weighted by Crippen LogP contribution is 2.49. The molecule has 0 radical (unpaired) electrons. The van der Waals surface area contributed by atoms with E-state index in [9.17, 15) is 0 Å². The summed E-state index contributed by atoms with van der Waals surface area (Å²) in [5, 5.41) is 12.3. The van der Waals surface area contributed by atoms with Gasteiger partial charge in [0.05, 0.1) is 31.8 Å². The van der Waals surface area contributed by atoms with Crippen molar-refractivity contribution in [3.05, 3.63) is 388 Å². The first kappa shape index (κ1) is 70.6. The summed E-state index contributed by atoms with van der Waals surface area (Å²) in [7, 11) is 0. The van der Waals surface area contributed by atoms with Crippen LogP contribution in [0.3, 0.4) is 0 Å². The Bertz CT molecular complexity index is 8150. The molecule has 120 heavy (non-hydrogen) atoms. The molecule has 0 saturated carbocycles. The van der Waals surface area contributed by atoms with Crippen LogP contribution in [-0.4, -0.2) is 39.9 Å². The number of rotatable bonds is 12. The van der Waals surface area contributed by atoms with E-state index >= 15 is 0 Å². The van der Waals surface area contributed by atoms with Gasteiger partial charge in [0.1, 0.15) is 0 Å². The molecule has 0 atom stereocenters. The van der Waals surface area contributed by atoms with Crippen LogP contribution in [-0.2, 0) is 0 Å². The molecule has 0 aliphatic rings. The first-order chi connectivity index (χ1) is 59.4. The SMILES string of the molecule is c1ccc(-c2ccc(-c3ccc4nc(-c5cccc(-c6nc(-c7ccccc7)nc(-c7cccc8c7sc7ccccc78)n6)c5)c5sc6ccccc6c5c4c3)cc2)cc1.c1ccc(-c2ccc3nc(-c4ccc(-c5nc(-c6ccccc6)nc(-c6cccc(-c7cccc8c7sc7ccccc78)c6)n5)cc4)c4sc5ccccc5c4c3c2)cc1. The monoisotopic (exact) mass is 1600 g/mol. The van der Waals surface area contributed by atoms with Crippen molar-refractivity contribution < 1.29 is 0 Å². The quantitative estimate of drug-likeness (QED) is 0.119. The Kier molecular flexibility index (Phi) is 17.5. The molecule has 12 heteroatoms. The molecule has 0 aliphatic carbocycles. The standard InChI is InChI=1S/2C54H32N4S2/c1-3-13-33(14-4-1)37-29-30-45-44(32-37)48-43-20-8-10-24-47(43)60-51(48)49(55-45)34-25-27-36(28-26-34)53-56-52(35-15-5-2-6-16-35)57-54(58-53)39-18-11-17-38(31-39)40-21-12-22-42-41-19-7-9-23-46(41)59-50(40)42;1-3-13-33(14-4-1)34-25-27-35(28-26-34)37-29-30-45-44(32-37)48-42-20-8-10-24-47(42)60-51(48)49(55-45)38-17-11-18-39(31-38)53-56-52(36-15-5-2-6-16-36)57-54(58-53)43-22-12-21-41-40-19-7-9-23-46(40)59-50(41)43/h2*1-32H.